The van der Waals surface area contributed by atoms with Crippen molar-refractivity contribution in [3.63, 3.8) is 0 Å². The highest BCUT2D eigenvalue weighted by molar-refractivity contribution is 6.35. The number of rotatable bonds is 3. The van der Waals surface area contributed by atoms with Crippen LogP contribution in [-0.4, -0.2) is 0 Å². The van der Waals surface area contributed by atoms with Crippen LogP contribution in [0.1, 0.15) is 30.7 Å². The molecule has 0 aromatic heterocycles. The average Bonchev–Trinajstić information content (AvgIpc) is 2.30. The Balaban J connectivity index is 2.58. The molecule has 0 N–H and O–H groups in total. The third-order valence-corrected chi connectivity index (χ3v) is 3.57. The number of benzene rings is 2. The number of alkyl halides is 1. The van der Waals surface area contributed by atoms with E-state index in [-0.39, 0.29) is 5.38 Å². The predicted molar refractivity (Wildman–Crippen MR) is 72.5 cm³/mol. The van der Waals surface area contributed by atoms with E-state index < -0.39 is 0 Å². The van der Waals surface area contributed by atoms with Gasteiger partial charge in [0.2, 0.25) is 0 Å². The van der Waals surface area contributed by atoms with E-state index in [1.54, 1.807) is 0 Å². The number of fused-ring (bicyclic) bond motifs is 1. The first-order chi connectivity index (χ1) is 7.74. The summed E-state index contributed by atoms with van der Waals surface area (Å²) in [6.45, 7) is 2.15. The van der Waals surface area contributed by atoms with Crippen molar-refractivity contribution in [3.05, 3.63) is 47.0 Å². The zero-order valence-electron chi connectivity index (χ0n) is 9.21. The van der Waals surface area contributed by atoms with Crippen molar-refractivity contribution in [1.82, 2.24) is 0 Å². The summed E-state index contributed by atoms with van der Waals surface area (Å²) in [5, 5.41) is 3.12. The van der Waals surface area contributed by atoms with E-state index in [0.717, 1.165) is 23.3 Å². The van der Waals surface area contributed by atoms with Gasteiger partial charge in [0, 0.05) is 10.4 Å². The van der Waals surface area contributed by atoms with E-state index in [9.17, 15) is 0 Å². The van der Waals surface area contributed by atoms with Gasteiger partial charge in [-0.2, -0.15) is 0 Å². The number of hydrogen-bond acceptors (Lipinski definition) is 0. The van der Waals surface area contributed by atoms with Gasteiger partial charge in [-0.15, -0.1) is 11.6 Å². The maximum absolute atomic E-state index is 6.39. The zero-order chi connectivity index (χ0) is 11.5. The van der Waals surface area contributed by atoms with Crippen molar-refractivity contribution in [2.75, 3.05) is 0 Å². The Kier molecular flexibility index (Phi) is 3.73. The molecule has 0 nitrogen and oxygen atoms in total. The van der Waals surface area contributed by atoms with Crippen LogP contribution in [0.4, 0.5) is 0 Å². The maximum Gasteiger partial charge on any atom is 0.0591 e. The molecular formula is C14H14Cl2. The summed E-state index contributed by atoms with van der Waals surface area (Å²) >= 11 is 12.6. The largest absolute Gasteiger partial charge is 0.118 e. The van der Waals surface area contributed by atoms with Crippen LogP contribution in [0.5, 0.6) is 0 Å². The van der Waals surface area contributed by atoms with E-state index in [2.05, 4.69) is 13.0 Å². The van der Waals surface area contributed by atoms with Crippen molar-refractivity contribution >= 4 is 34.0 Å². The lowest BCUT2D eigenvalue weighted by Gasteiger charge is -2.12. The second-order valence-corrected chi connectivity index (χ2v) is 4.87. The molecule has 0 saturated carbocycles. The molecule has 1 atom stereocenters. The summed E-state index contributed by atoms with van der Waals surface area (Å²) in [5.74, 6) is 0. The van der Waals surface area contributed by atoms with Gasteiger partial charge in [0.1, 0.15) is 0 Å². The van der Waals surface area contributed by atoms with Crippen LogP contribution in [0.25, 0.3) is 10.8 Å². The topological polar surface area (TPSA) is 0 Å². The van der Waals surface area contributed by atoms with Gasteiger partial charge >= 0.3 is 0 Å². The fourth-order valence-corrected chi connectivity index (χ4v) is 2.60. The normalized spacial score (nSPS) is 12.9. The summed E-state index contributed by atoms with van der Waals surface area (Å²) < 4.78 is 0. The molecule has 0 saturated heterocycles. The van der Waals surface area contributed by atoms with Crippen LogP contribution in [-0.2, 0) is 0 Å². The smallest absolute Gasteiger partial charge is 0.0591 e. The average molecular weight is 253 g/mol. The van der Waals surface area contributed by atoms with Crippen molar-refractivity contribution < 1.29 is 0 Å². The summed E-state index contributed by atoms with van der Waals surface area (Å²) in [7, 11) is 0. The summed E-state index contributed by atoms with van der Waals surface area (Å²) in [6.07, 6.45) is 2.08. The first-order valence-electron chi connectivity index (χ1n) is 5.55. The van der Waals surface area contributed by atoms with Crippen LogP contribution in [0, 0.1) is 0 Å². The standard InChI is InChI=1S/C14H14Cl2/c1-2-5-13(15)12-8-9-14(16)11-7-4-3-6-10(11)12/h3-4,6-9,13H,2,5H2,1H3. The zero-order valence-corrected chi connectivity index (χ0v) is 10.7. The molecule has 1 unspecified atom stereocenters. The molecule has 2 aromatic rings. The Labute approximate surface area is 106 Å². The molecule has 0 aliphatic rings. The monoisotopic (exact) mass is 252 g/mol. The van der Waals surface area contributed by atoms with E-state index >= 15 is 0 Å². The Bertz CT molecular complexity index is 491. The van der Waals surface area contributed by atoms with Crippen molar-refractivity contribution in [1.29, 1.82) is 0 Å². The first kappa shape index (κ1) is 11.8. The van der Waals surface area contributed by atoms with Gasteiger partial charge in [0.25, 0.3) is 0 Å². The molecule has 0 radical (unpaired) electrons. The SMILES string of the molecule is CCCC(Cl)c1ccc(Cl)c2ccccc12. The highest BCUT2D eigenvalue weighted by Crippen LogP contribution is 2.34. The summed E-state index contributed by atoms with van der Waals surface area (Å²) in [4.78, 5) is 0. The second-order valence-electron chi connectivity index (χ2n) is 3.94. The minimum absolute atomic E-state index is 0.0761. The highest BCUT2D eigenvalue weighted by atomic mass is 35.5. The van der Waals surface area contributed by atoms with Gasteiger partial charge in [-0.1, -0.05) is 55.3 Å². The van der Waals surface area contributed by atoms with Gasteiger partial charge in [-0.3, -0.25) is 0 Å². The van der Waals surface area contributed by atoms with Crippen LogP contribution >= 0.6 is 23.2 Å². The third-order valence-electron chi connectivity index (χ3n) is 2.78. The molecule has 0 spiro atoms. The molecule has 0 aliphatic heterocycles. The quantitative estimate of drug-likeness (QED) is 0.627. The summed E-state index contributed by atoms with van der Waals surface area (Å²) in [6, 6.07) is 12.1. The summed E-state index contributed by atoms with van der Waals surface area (Å²) in [5.41, 5.74) is 1.18. The Hall–Kier alpha value is -0.720. The molecule has 16 heavy (non-hydrogen) atoms. The fourth-order valence-electron chi connectivity index (χ4n) is 1.97. The van der Waals surface area contributed by atoms with E-state index in [1.165, 1.54) is 10.9 Å². The van der Waals surface area contributed by atoms with Crippen molar-refractivity contribution in [2.24, 2.45) is 0 Å². The predicted octanol–water partition coefficient (Wildman–Crippen LogP) is 5.57. The molecule has 2 heteroatoms. The fraction of sp³-hybridized carbons (Fsp3) is 0.286. The van der Waals surface area contributed by atoms with Gasteiger partial charge in [0.05, 0.1) is 5.38 Å². The van der Waals surface area contributed by atoms with Gasteiger partial charge < -0.3 is 0 Å². The highest BCUT2D eigenvalue weighted by Gasteiger charge is 2.11. The maximum atomic E-state index is 6.39. The van der Waals surface area contributed by atoms with Gasteiger partial charge in [-0.05, 0) is 23.4 Å². The minimum atomic E-state index is 0.0761. The molecule has 0 fully saturated rings. The lowest BCUT2D eigenvalue weighted by molar-refractivity contribution is 0.774. The third kappa shape index (κ3) is 2.18. The second kappa shape index (κ2) is 5.07. The Morgan fingerprint density at radius 2 is 1.75 bits per heavy atom. The van der Waals surface area contributed by atoms with Crippen molar-refractivity contribution in [2.45, 2.75) is 25.1 Å². The molecule has 0 bridgehead atoms. The van der Waals surface area contributed by atoms with Gasteiger partial charge in [-0.25, -0.2) is 0 Å². The lowest BCUT2D eigenvalue weighted by Crippen LogP contribution is -1.91. The van der Waals surface area contributed by atoms with E-state index in [0.29, 0.717) is 0 Å². The van der Waals surface area contributed by atoms with E-state index in [1.807, 2.05) is 30.3 Å². The molecule has 2 aromatic carbocycles. The first-order valence-corrected chi connectivity index (χ1v) is 6.36. The van der Waals surface area contributed by atoms with E-state index in [4.69, 9.17) is 23.2 Å². The number of hydrogen-bond donors (Lipinski definition) is 0. The molecule has 0 heterocycles. The molecule has 0 aliphatic carbocycles. The van der Waals surface area contributed by atoms with Crippen LogP contribution in [0.3, 0.4) is 0 Å². The number of halogens is 2. The Morgan fingerprint density at radius 3 is 2.44 bits per heavy atom. The van der Waals surface area contributed by atoms with Crippen LogP contribution < -0.4 is 0 Å². The lowest BCUT2D eigenvalue weighted by atomic mass is 10.00. The molecule has 0 amide bonds. The van der Waals surface area contributed by atoms with Crippen LogP contribution in [0.2, 0.25) is 5.02 Å². The minimum Gasteiger partial charge on any atom is -0.118 e. The molecular weight excluding hydrogens is 239 g/mol. The Morgan fingerprint density at radius 1 is 1.06 bits per heavy atom. The van der Waals surface area contributed by atoms with Gasteiger partial charge in [0.15, 0.2) is 0 Å². The molecule has 2 rings (SSSR count). The van der Waals surface area contributed by atoms with Crippen LogP contribution in [0.15, 0.2) is 36.4 Å². The van der Waals surface area contributed by atoms with Crippen molar-refractivity contribution in [3.8, 4) is 0 Å². The molecule has 84 valence electrons.